The molecule has 0 fully saturated rings. The lowest BCUT2D eigenvalue weighted by molar-refractivity contribution is 0.0762. The highest BCUT2D eigenvalue weighted by Crippen LogP contribution is 2.32. The Kier molecular flexibility index (Phi) is 6.34. The van der Waals surface area contributed by atoms with Crippen LogP contribution in [0.5, 0.6) is 17.4 Å². The van der Waals surface area contributed by atoms with Gasteiger partial charge in [-0.15, -0.1) is 0 Å². The number of para-hydroxylation sites is 2. The highest BCUT2D eigenvalue weighted by molar-refractivity contribution is 5.43. The Bertz CT molecular complexity index is 933. The fourth-order valence-electron chi connectivity index (χ4n) is 3.20. The van der Waals surface area contributed by atoms with E-state index >= 15 is 0 Å². The first-order valence-electron chi connectivity index (χ1n) is 9.66. The molecule has 1 aliphatic heterocycles. The summed E-state index contributed by atoms with van der Waals surface area (Å²) in [6.07, 6.45) is 1.72. The van der Waals surface area contributed by atoms with Crippen LogP contribution in [0.2, 0.25) is 0 Å². The van der Waals surface area contributed by atoms with Crippen LogP contribution in [0.15, 0.2) is 66.9 Å². The minimum atomic E-state index is -0.233. The summed E-state index contributed by atoms with van der Waals surface area (Å²) in [6.45, 7) is 3.52. The van der Waals surface area contributed by atoms with Crippen molar-refractivity contribution in [2.24, 2.45) is 0 Å². The monoisotopic (exact) mass is 394 g/mol. The number of halogens is 1. The average molecular weight is 394 g/mol. The first-order chi connectivity index (χ1) is 14.3. The molecular formula is C23H23FN2O3. The highest BCUT2D eigenvalue weighted by atomic mass is 19.1. The third kappa shape index (κ3) is 5.31. The van der Waals surface area contributed by atoms with Gasteiger partial charge in [0, 0.05) is 31.4 Å². The summed E-state index contributed by atoms with van der Waals surface area (Å²) in [5, 5.41) is 0. The largest absolute Gasteiger partial charge is 0.487 e. The fraction of sp³-hybridized carbons (Fsp3) is 0.261. The average Bonchev–Trinajstić information content (AvgIpc) is 2.75. The number of fused-ring (bicyclic) bond motifs is 2. The zero-order valence-electron chi connectivity index (χ0n) is 16.1. The molecule has 0 amide bonds. The molecule has 1 aliphatic rings. The van der Waals surface area contributed by atoms with Gasteiger partial charge in [0.25, 0.3) is 0 Å². The lowest BCUT2D eigenvalue weighted by atomic mass is 10.2. The van der Waals surface area contributed by atoms with Crippen LogP contribution in [-0.4, -0.2) is 36.2 Å². The summed E-state index contributed by atoms with van der Waals surface area (Å²) in [5.74, 6) is 1.60. The first kappa shape index (κ1) is 19.4. The molecular weight excluding hydrogens is 371 g/mol. The van der Waals surface area contributed by atoms with Gasteiger partial charge < -0.3 is 14.2 Å². The molecule has 0 bridgehead atoms. The summed E-state index contributed by atoms with van der Waals surface area (Å²) in [7, 11) is 0. The second kappa shape index (κ2) is 9.49. The molecule has 29 heavy (non-hydrogen) atoms. The van der Waals surface area contributed by atoms with Gasteiger partial charge >= 0.3 is 0 Å². The lowest BCUT2D eigenvalue weighted by Gasteiger charge is -2.23. The van der Waals surface area contributed by atoms with Crippen molar-refractivity contribution in [1.82, 2.24) is 9.88 Å². The highest BCUT2D eigenvalue weighted by Gasteiger charge is 2.15. The normalized spacial score (nSPS) is 15.5. The van der Waals surface area contributed by atoms with E-state index in [1.165, 1.54) is 12.1 Å². The topological polar surface area (TPSA) is 43.8 Å². The van der Waals surface area contributed by atoms with Crippen molar-refractivity contribution in [2.45, 2.75) is 13.1 Å². The van der Waals surface area contributed by atoms with Gasteiger partial charge in [0.1, 0.15) is 12.4 Å². The number of benzene rings is 2. The van der Waals surface area contributed by atoms with Gasteiger partial charge in [0.2, 0.25) is 5.88 Å². The van der Waals surface area contributed by atoms with E-state index in [1.54, 1.807) is 6.20 Å². The van der Waals surface area contributed by atoms with Gasteiger partial charge in [-0.05, 0) is 35.9 Å². The van der Waals surface area contributed by atoms with Crippen LogP contribution in [0.4, 0.5) is 4.39 Å². The van der Waals surface area contributed by atoms with Crippen molar-refractivity contribution in [2.75, 3.05) is 26.4 Å². The summed E-state index contributed by atoms with van der Waals surface area (Å²) in [5.41, 5.74) is 2.00. The molecule has 0 spiro atoms. The number of rotatable bonds is 2. The van der Waals surface area contributed by atoms with Crippen molar-refractivity contribution < 1.29 is 18.6 Å². The Labute approximate surface area is 169 Å². The molecule has 150 valence electrons. The van der Waals surface area contributed by atoms with Crippen LogP contribution >= 0.6 is 0 Å². The molecule has 0 saturated heterocycles. The molecule has 5 nitrogen and oxygen atoms in total. The third-order valence-electron chi connectivity index (χ3n) is 4.66. The van der Waals surface area contributed by atoms with Crippen molar-refractivity contribution in [3.63, 3.8) is 0 Å². The number of hydrogen-bond acceptors (Lipinski definition) is 5. The van der Waals surface area contributed by atoms with E-state index in [0.29, 0.717) is 50.3 Å². The molecule has 6 heteroatoms. The van der Waals surface area contributed by atoms with Gasteiger partial charge in [-0.2, -0.15) is 0 Å². The lowest BCUT2D eigenvalue weighted by Crippen LogP contribution is -2.27. The molecule has 3 aromatic rings. The summed E-state index contributed by atoms with van der Waals surface area (Å²) >= 11 is 0. The van der Waals surface area contributed by atoms with E-state index in [4.69, 9.17) is 14.2 Å². The molecule has 1 aromatic heterocycles. The Morgan fingerprint density at radius 2 is 1.72 bits per heavy atom. The Morgan fingerprint density at radius 3 is 2.59 bits per heavy atom. The van der Waals surface area contributed by atoms with Crippen LogP contribution in [0.1, 0.15) is 11.1 Å². The van der Waals surface area contributed by atoms with E-state index in [-0.39, 0.29) is 5.82 Å². The molecule has 0 atom stereocenters. The van der Waals surface area contributed by atoms with Gasteiger partial charge in [0.05, 0.1) is 13.2 Å². The second-order valence-corrected chi connectivity index (χ2v) is 6.81. The van der Waals surface area contributed by atoms with Crippen molar-refractivity contribution in [1.29, 1.82) is 0 Å². The predicted octanol–water partition coefficient (Wildman–Crippen LogP) is 4.42. The third-order valence-corrected chi connectivity index (χ3v) is 4.66. The van der Waals surface area contributed by atoms with Crippen LogP contribution < -0.4 is 9.47 Å². The minimum Gasteiger partial charge on any atom is -0.487 e. The van der Waals surface area contributed by atoms with Crippen molar-refractivity contribution >= 4 is 0 Å². The molecule has 0 N–H and O–H groups in total. The summed E-state index contributed by atoms with van der Waals surface area (Å²) in [6, 6.07) is 18.0. The molecule has 0 aliphatic carbocycles. The zero-order valence-corrected chi connectivity index (χ0v) is 16.1. The van der Waals surface area contributed by atoms with Crippen LogP contribution in [-0.2, 0) is 17.8 Å². The van der Waals surface area contributed by atoms with Crippen LogP contribution in [0.3, 0.4) is 0 Å². The van der Waals surface area contributed by atoms with Gasteiger partial charge in [-0.3, -0.25) is 4.90 Å². The van der Waals surface area contributed by atoms with E-state index in [0.717, 1.165) is 17.7 Å². The molecule has 2 heterocycles. The smallest absolute Gasteiger partial charge is 0.223 e. The molecule has 0 saturated carbocycles. The van der Waals surface area contributed by atoms with Crippen LogP contribution in [0, 0.1) is 5.82 Å². The summed E-state index contributed by atoms with van der Waals surface area (Å²) < 4.78 is 30.9. The Morgan fingerprint density at radius 1 is 0.897 bits per heavy atom. The van der Waals surface area contributed by atoms with Gasteiger partial charge in [-0.25, -0.2) is 9.37 Å². The molecule has 2 aromatic carbocycles. The number of pyridine rings is 1. The fourth-order valence-corrected chi connectivity index (χ4v) is 3.20. The maximum absolute atomic E-state index is 13.3. The minimum absolute atomic E-state index is 0.233. The molecule has 0 radical (unpaired) electrons. The summed E-state index contributed by atoms with van der Waals surface area (Å²) in [4.78, 5) is 6.68. The molecule has 4 rings (SSSR count). The Balaban J connectivity index is 1.60. The quantitative estimate of drug-likeness (QED) is 0.644. The van der Waals surface area contributed by atoms with Crippen molar-refractivity contribution in [3.05, 3.63) is 83.8 Å². The van der Waals surface area contributed by atoms with E-state index in [1.807, 2.05) is 48.5 Å². The maximum Gasteiger partial charge on any atom is 0.223 e. The molecule has 0 unspecified atom stereocenters. The Hall–Kier alpha value is -2.96. The van der Waals surface area contributed by atoms with Crippen LogP contribution in [0.25, 0.3) is 0 Å². The van der Waals surface area contributed by atoms with Gasteiger partial charge in [-0.1, -0.05) is 30.3 Å². The van der Waals surface area contributed by atoms with E-state index < -0.39 is 0 Å². The standard InChI is InChI=1S/C23H23FN2O3/c24-20-9-7-18(8-10-20)16-26-12-13-27-14-15-28-21-5-1-2-6-22(21)29-23-19(17-26)4-3-11-25-23/h1-11H,12-17H2. The van der Waals surface area contributed by atoms with Crippen molar-refractivity contribution in [3.8, 4) is 17.4 Å². The number of ether oxygens (including phenoxy) is 3. The van der Waals surface area contributed by atoms with E-state index in [9.17, 15) is 4.39 Å². The second-order valence-electron chi connectivity index (χ2n) is 6.81. The van der Waals surface area contributed by atoms with Gasteiger partial charge in [0.15, 0.2) is 11.5 Å². The number of hydrogen-bond donors (Lipinski definition) is 0. The number of nitrogens with zero attached hydrogens (tertiary/aromatic N) is 2. The zero-order chi connectivity index (χ0) is 19.9. The number of aromatic nitrogens is 1. The predicted molar refractivity (Wildman–Crippen MR) is 108 cm³/mol. The maximum atomic E-state index is 13.3. The SMILES string of the molecule is Fc1ccc(CN2CCOCCOc3ccccc3Oc3ncccc3C2)cc1. The first-order valence-corrected chi connectivity index (χ1v) is 9.66. The van der Waals surface area contributed by atoms with E-state index in [2.05, 4.69) is 9.88 Å².